The fourth-order valence-electron chi connectivity index (χ4n) is 9.74. The van der Waals surface area contributed by atoms with Crippen LogP contribution in [0.2, 0.25) is 0 Å². The predicted octanol–water partition coefficient (Wildman–Crippen LogP) is 16.9. The molecule has 0 radical (unpaired) electrons. The van der Waals surface area contributed by atoms with Crippen LogP contribution in [0.1, 0.15) is 0 Å². The van der Waals surface area contributed by atoms with Crippen LogP contribution in [-0.4, -0.2) is 0 Å². The highest BCUT2D eigenvalue weighted by Gasteiger charge is 2.22. The molecule has 12 aromatic carbocycles. The Morgan fingerprint density at radius 2 is 0.583 bits per heavy atom. The lowest BCUT2D eigenvalue weighted by Gasteiger charge is -2.22. The molecule has 0 saturated heterocycles. The third-order valence-corrected chi connectivity index (χ3v) is 12.6. The Bertz CT molecular complexity index is 3640. The van der Waals surface area contributed by atoms with Crippen LogP contribution < -0.4 is 0 Å². The molecule has 12 aromatic rings. The lowest BCUT2D eigenvalue weighted by Crippen LogP contribution is -1.95. The van der Waals surface area contributed by atoms with E-state index in [-0.39, 0.29) is 0 Å². The lowest BCUT2D eigenvalue weighted by molar-refractivity contribution is 1.61. The zero-order valence-corrected chi connectivity index (χ0v) is 32.9. The average Bonchev–Trinajstić information content (AvgIpc) is 3.32. The molecule has 0 atom stereocenters. The van der Waals surface area contributed by atoms with E-state index in [1.165, 1.54) is 120 Å². The molecule has 0 aliphatic rings. The minimum absolute atomic E-state index is 1.20. The second-order valence-corrected chi connectivity index (χ2v) is 16.0. The molecule has 0 saturated carbocycles. The molecule has 60 heavy (non-hydrogen) atoms. The second kappa shape index (κ2) is 13.9. The van der Waals surface area contributed by atoms with E-state index >= 15 is 0 Å². The monoisotopic (exact) mass is 758 g/mol. The summed E-state index contributed by atoms with van der Waals surface area (Å²) in [5.74, 6) is 0. The Balaban J connectivity index is 1.25. The molecular weight excluding hydrogens is 721 g/mol. The lowest BCUT2D eigenvalue weighted by atomic mass is 9.80. The molecular formula is C60H38. The van der Waals surface area contributed by atoms with Gasteiger partial charge >= 0.3 is 0 Å². The summed E-state index contributed by atoms with van der Waals surface area (Å²) in [7, 11) is 0. The third-order valence-electron chi connectivity index (χ3n) is 12.6. The predicted molar refractivity (Wildman–Crippen MR) is 259 cm³/mol. The molecule has 0 aliphatic carbocycles. The minimum Gasteiger partial charge on any atom is -0.0622 e. The first-order chi connectivity index (χ1) is 29.7. The van der Waals surface area contributed by atoms with Gasteiger partial charge in [0.15, 0.2) is 0 Å². The zero-order chi connectivity index (χ0) is 39.6. The average molecular weight is 759 g/mol. The standard InChI is InChI=1S/C60H38/c1-2-15-42(16-3-1)55-35-44-20-6-7-21-45(44)36-56(55)48-31-33-52-51-32-30-47(46-29-28-39-14-4-5-19-43(39)34-46)37-57(51)59(53-26-12-22-40-17-8-10-24-49(40)53)60(58(52)38-48)54-27-13-23-41-18-9-11-25-50(41)54/h1-38H. The van der Waals surface area contributed by atoms with E-state index in [1.807, 2.05) is 0 Å². The van der Waals surface area contributed by atoms with Crippen LogP contribution in [0.5, 0.6) is 0 Å². The van der Waals surface area contributed by atoms with Gasteiger partial charge in [0, 0.05) is 0 Å². The van der Waals surface area contributed by atoms with Crippen LogP contribution >= 0.6 is 0 Å². The molecule has 0 nitrogen and oxygen atoms in total. The SMILES string of the molecule is c1ccc(-c2cc3ccccc3cc2-c2ccc3c(c2)c(-c2cccc4ccccc24)c(-c2cccc4ccccc24)c2cc(-c4ccc5ccccc5c4)ccc23)cc1. The maximum Gasteiger partial charge on any atom is -0.00137 e. The number of hydrogen-bond donors (Lipinski definition) is 0. The van der Waals surface area contributed by atoms with E-state index < -0.39 is 0 Å². The highest BCUT2D eigenvalue weighted by molar-refractivity contribution is 6.26. The third kappa shape index (κ3) is 5.61. The van der Waals surface area contributed by atoms with Crippen molar-refractivity contribution in [2.45, 2.75) is 0 Å². The molecule has 278 valence electrons. The van der Waals surface area contributed by atoms with Crippen LogP contribution in [0, 0.1) is 0 Å². The van der Waals surface area contributed by atoms with E-state index in [4.69, 9.17) is 0 Å². The van der Waals surface area contributed by atoms with Gasteiger partial charge < -0.3 is 0 Å². The summed E-state index contributed by atoms with van der Waals surface area (Å²) in [6.07, 6.45) is 0. The van der Waals surface area contributed by atoms with E-state index in [1.54, 1.807) is 0 Å². The van der Waals surface area contributed by atoms with Crippen molar-refractivity contribution in [2.75, 3.05) is 0 Å². The van der Waals surface area contributed by atoms with Gasteiger partial charge in [-0.2, -0.15) is 0 Å². The Morgan fingerprint density at radius 1 is 0.167 bits per heavy atom. The van der Waals surface area contributed by atoms with E-state index in [2.05, 4.69) is 231 Å². The summed E-state index contributed by atoms with van der Waals surface area (Å²) in [6.45, 7) is 0. The fraction of sp³-hybridized carbons (Fsp3) is 0. The topological polar surface area (TPSA) is 0 Å². The summed E-state index contributed by atoms with van der Waals surface area (Å²) in [6, 6.07) is 85.5. The Morgan fingerprint density at radius 3 is 1.18 bits per heavy atom. The molecule has 0 heterocycles. The van der Waals surface area contributed by atoms with Gasteiger partial charge in [-0.25, -0.2) is 0 Å². The van der Waals surface area contributed by atoms with Gasteiger partial charge in [0.05, 0.1) is 0 Å². The van der Waals surface area contributed by atoms with E-state index in [0.717, 1.165) is 0 Å². The molecule has 0 amide bonds. The summed E-state index contributed by atoms with van der Waals surface area (Å²) in [5.41, 5.74) is 12.3. The van der Waals surface area contributed by atoms with Crippen LogP contribution in [0.3, 0.4) is 0 Å². The molecule has 0 bridgehead atoms. The van der Waals surface area contributed by atoms with Gasteiger partial charge in [0.2, 0.25) is 0 Å². The maximum absolute atomic E-state index is 2.48. The highest BCUT2D eigenvalue weighted by atomic mass is 14.3. The zero-order valence-electron chi connectivity index (χ0n) is 32.9. The Hall–Kier alpha value is -7.80. The highest BCUT2D eigenvalue weighted by Crippen LogP contribution is 2.50. The van der Waals surface area contributed by atoms with Crippen LogP contribution in [-0.2, 0) is 0 Å². The number of benzene rings is 12. The van der Waals surface area contributed by atoms with E-state index in [9.17, 15) is 0 Å². The van der Waals surface area contributed by atoms with Gasteiger partial charge in [-0.05, 0) is 151 Å². The first-order valence-corrected chi connectivity index (χ1v) is 20.8. The van der Waals surface area contributed by atoms with Gasteiger partial charge in [-0.15, -0.1) is 0 Å². The minimum atomic E-state index is 1.20. The molecule has 0 heteroatoms. The summed E-state index contributed by atoms with van der Waals surface area (Å²) < 4.78 is 0. The second-order valence-electron chi connectivity index (χ2n) is 16.0. The normalized spacial score (nSPS) is 11.7. The van der Waals surface area contributed by atoms with Gasteiger partial charge in [0.25, 0.3) is 0 Å². The Labute approximate surface area is 349 Å². The van der Waals surface area contributed by atoms with Crippen molar-refractivity contribution >= 4 is 64.6 Å². The number of rotatable bonds is 5. The van der Waals surface area contributed by atoms with Crippen LogP contribution in [0.15, 0.2) is 231 Å². The quantitative estimate of drug-likeness (QED) is 0.153. The van der Waals surface area contributed by atoms with Crippen molar-refractivity contribution in [2.24, 2.45) is 0 Å². The van der Waals surface area contributed by atoms with Crippen molar-refractivity contribution in [3.05, 3.63) is 231 Å². The van der Waals surface area contributed by atoms with Crippen molar-refractivity contribution in [1.82, 2.24) is 0 Å². The van der Waals surface area contributed by atoms with Crippen molar-refractivity contribution in [3.63, 3.8) is 0 Å². The maximum atomic E-state index is 2.48. The van der Waals surface area contributed by atoms with Crippen molar-refractivity contribution < 1.29 is 0 Å². The Kier molecular flexibility index (Phi) is 7.96. The molecule has 0 spiro atoms. The van der Waals surface area contributed by atoms with Crippen LogP contribution in [0.25, 0.3) is 120 Å². The smallest absolute Gasteiger partial charge is 0.00137 e. The first kappa shape index (κ1) is 34.3. The molecule has 0 fully saturated rings. The van der Waals surface area contributed by atoms with Gasteiger partial charge in [-0.1, -0.05) is 200 Å². The summed E-state index contributed by atoms with van der Waals surface area (Å²) in [5, 5.41) is 14.9. The van der Waals surface area contributed by atoms with E-state index in [0.29, 0.717) is 0 Å². The summed E-state index contributed by atoms with van der Waals surface area (Å²) >= 11 is 0. The molecule has 0 aliphatic heterocycles. The molecule has 0 unspecified atom stereocenters. The van der Waals surface area contributed by atoms with Gasteiger partial charge in [0.1, 0.15) is 0 Å². The fourth-order valence-corrected chi connectivity index (χ4v) is 9.74. The summed E-state index contributed by atoms with van der Waals surface area (Å²) in [4.78, 5) is 0. The molecule has 0 aromatic heterocycles. The number of hydrogen-bond acceptors (Lipinski definition) is 0. The van der Waals surface area contributed by atoms with Gasteiger partial charge in [-0.3, -0.25) is 0 Å². The molecule has 0 N–H and O–H groups in total. The van der Waals surface area contributed by atoms with Crippen molar-refractivity contribution in [1.29, 1.82) is 0 Å². The largest absolute Gasteiger partial charge is 0.0622 e. The number of fused-ring (bicyclic) bond motifs is 7. The van der Waals surface area contributed by atoms with Crippen molar-refractivity contribution in [3.8, 4) is 55.6 Å². The first-order valence-electron chi connectivity index (χ1n) is 20.8. The van der Waals surface area contributed by atoms with Crippen LogP contribution in [0.4, 0.5) is 0 Å². The molecule has 12 rings (SSSR count).